The molecule has 2 nitrogen and oxygen atoms in total. The van der Waals surface area contributed by atoms with E-state index in [1.807, 2.05) is 0 Å². The van der Waals surface area contributed by atoms with Crippen LogP contribution in [0.25, 0.3) is 83.1 Å². The van der Waals surface area contributed by atoms with Crippen molar-refractivity contribution in [2.45, 2.75) is 153 Å². The summed E-state index contributed by atoms with van der Waals surface area (Å²) in [4.78, 5) is 5.52. The van der Waals surface area contributed by atoms with Gasteiger partial charge in [0.15, 0.2) is 0 Å². The average Bonchev–Trinajstić information content (AvgIpc) is 0.689. The summed E-state index contributed by atoms with van der Waals surface area (Å²) in [6.45, 7) is 36.0. The van der Waals surface area contributed by atoms with Crippen molar-refractivity contribution in [2.75, 3.05) is 9.80 Å². The molecule has 8 aliphatic rings. The molecular formula is C112H107BN2. The van der Waals surface area contributed by atoms with Gasteiger partial charge < -0.3 is 9.80 Å². The minimum absolute atomic E-state index is 0.0243. The molecule has 2 aliphatic heterocycles. The lowest BCUT2D eigenvalue weighted by Gasteiger charge is -2.48. The molecule has 20 rings (SSSR count). The predicted molar refractivity (Wildman–Crippen MR) is 493 cm³/mol. The zero-order chi connectivity index (χ0) is 79.1. The second-order valence-electron chi connectivity index (χ2n) is 40.0. The van der Waals surface area contributed by atoms with E-state index in [0.29, 0.717) is 23.7 Å². The van der Waals surface area contributed by atoms with Crippen LogP contribution in [0, 0.1) is 39.9 Å². The molecule has 0 bridgehead atoms. The molecule has 0 fully saturated rings. The fourth-order valence-corrected chi connectivity index (χ4v) is 21.4. The fraction of sp³-hybridized carbons (Fsp3) is 0.268. The van der Waals surface area contributed by atoms with Crippen molar-refractivity contribution in [1.29, 1.82) is 0 Å². The molecule has 568 valence electrons. The third-order valence-electron chi connectivity index (χ3n) is 27.7. The van der Waals surface area contributed by atoms with E-state index < -0.39 is 0 Å². The van der Waals surface area contributed by atoms with Crippen molar-refractivity contribution in [3.8, 4) is 66.8 Å². The molecular weight excluding hydrogens is 1380 g/mol. The predicted octanol–water partition coefficient (Wildman–Crippen LogP) is 28.6. The summed E-state index contributed by atoms with van der Waals surface area (Å²) >= 11 is 0. The van der Waals surface area contributed by atoms with Gasteiger partial charge in [-0.3, -0.25) is 0 Å². The summed E-state index contributed by atoms with van der Waals surface area (Å²) in [6, 6.07) is 97.6. The van der Waals surface area contributed by atoms with Gasteiger partial charge in [0.05, 0.1) is 11.4 Å². The number of aryl methyl sites for hydroxylation is 1. The zero-order valence-electron chi connectivity index (χ0n) is 70.0. The van der Waals surface area contributed by atoms with E-state index in [4.69, 9.17) is 0 Å². The summed E-state index contributed by atoms with van der Waals surface area (Å²) < 4.78 is 0. The maximum absolute atomic E-state index is 2.76. The van der Waals surface area contributed by atoms with Crippen LogP contribution in [0.4, 0.5) is 34.1 Å². The van der Waals surface area contributed by atoms with Crippen LogP contribution in [0.2, 0.25) is 0 Å². The number of hydrogen-bond acceptors (Lipinski definition) is 2. The lowest BCUT2D eigenvalue weighted by Crippen LogP contribution is -2.61. The van der Waals surface area contributed by atoms with Crippen molar-refractivity contribution >= 4 is 73.6 Å². The van der Waals surface area contributed by atoms with Gasteiger partial charge in [0, 0.05) is 56.8 Å². The Kier molecular flexibility index (Phi) is 17.0. The highest BCUT2D eigenvalue weighted by Crippen LogP contribution is 2.60. The molecule has 5 unspecified atom stereocenters. The van der Waals surface area contributed by atoms with E-state index in [-0.39, 0.29) is 39.7 Å². The summed E-state index contributed by atoms with van der Waals surface area (Å²) in [6.07, 6.45) is 21.4. The summed E-state index contributed by atoms with van der Waals surface area (Å²) in [5.41, 5.74) is 42.6. The molecule has 0 saturated heterocycles. The molecule has 2 heterocycles. The first-order valence-corrected chi connectivity index (χ1v) is 42.7. The molecule has 0 spiro atoms. The van der Waals surface area contributed by atoms with Crippen molar-refractivity contribution in [1.82, 2.24) is 0 Å². The SMILES string of the molecule is CC(C)(C)C1=CC2=C(c3ccc4c(c3)B3c5cc(-c6cc7c8c9c(cc(C(C)(C)C)cc69)CCC8CC(C(C)(C)C)C7)ccc5N(c5c(-c6ccccc6)cccc5-c5ccccc5)c5cc(-c6ccc(C(C)(C)C)cc6)cc(c53)N4c3c(-c4ccccc4)cccc3-c3ccccc3)C=C3C=C(C(C)(C)C)CC4C=CC(=C1)C2C34. The monoisotopic (exact) mass is 1490 g/mol. The van der Waals surface area contributed by atoms with E-state index in [1.165, 1.54) is 180 Å². The highest BCUT2D eigenvalue weighted by molar-refractivity contribution is 7.00. The molecule has 0 radical (unpaired) electrons. The number of fused-ring (bicyclic) bond motifs is 4. The maximum Gasteiger partial charge on any atom is 0.252 e. The third-order valence-corrected chi connectivity index (χ3v) is 27.7. The summed E-state index contributed by atoms with van der Waals surface area (Å²) in [7, 11) is 0. The van der Waals surface area contributed by atoms with Gasteiger partial charge in [0.1, 0.15) is 0 Å². The minimum Gasteiger partial charge on any atom is -0.310 e. The van der Waals surface area contributed by atoms with E-state index in [2.05, 4.69) is 399 Å². The summed E-state index contributed by atoms with van der Waals surface area (Å²) in [5.74, 6) is 2.12. The number of para-hydroxylation sites is 2. The smallest absolute Gasteiger partial charge is 0.252 e. The van der Waals surface area contributed by atoms with Gasteiger partial charge in [0.25, 0.3) is 6.71 Å². The van der Waals surface area contributed by atoms with Crippen LogP contribution in [-0.4, -0.2) is 6.71 Å². The number of allylic oxidation sites excluding steroid dienone is 12. The van der Waals surface area contributed by atoms with Crippen LogP contribution in [0.3, 0.4) is 0 Å². The van der Waals surface area contributed by atoms with Gasteiger partial charge in [-0.15, -0.1) is 0 Å². The third kappa shape index (κ3) is 12.2. The first kappa shape index (κ1) is 72.9. The highest BCUT2D eigenvalue weighted by Gasteiger charge is 2.49. The number of anilines is 6. The second kappa shape index (κ2) is 26.8. The normalized spacial score (nSPS) is 19.3. The van der Waals surface area contributed by atoms with E-state index >= 15 is 0 Å². The second-order valence-corrected chi connectivity index (χ2v) is 40.0. The van der Waals surface area contributed by atoms with Crippen LogP contribution in [-0.2, 0) is 23.7 Å². The Morgan fingerprint density at radius 1 is 0.383 bits per heavy atom. The largest absolute Gasteiger partial charge is 0.310 e. The Balaban J connectivity index is 0.959. The minimum atomic E-state index is -0.271. The molecule has 12 aromatic carbocycles. The van der Waals surface area contributed by atoms with Crippen molar-refractivity contribution in [2.24, 2.45) is 39.9 Å². The van der Waals surface area contributed by atoms with Gasteiger partial charge in [-0.05, 0) is 240 Å². The van der Waals surface area contributed by atoms with Crippen molar-refractivity contribution in [3.63, 3.8) is 0 Å². The van der Waals surface area contributed by atoms with Crippen LogP contribution in [0.15, 0.2) is 313 Å². The molecule has 12 aromatic rings. The molecule has 115 heavy (non-hydrogen) atoms. The van der Waals surface area contributed by atoms with Crippen LogP contribution < -0.4 is 26.2 Å². The van der Waals surface area contributed by atoms with Gasteiger partial charge in [-0.2, -0.15) is 0 Å². The standard InChI is InChI=1S/C112H107BN2/c1-108(2,3)82-50-46-68(47-51-82)79-64-99-105-100(65-79)115(107-89(71-34-24-18-25-35-71)40-29-41-90(107)72-36-26-19-27-37-72)98-53-49-74(92-61-81-59-84(110(7,8)9)55-76-43-45-78-57-86(112(13,14)15)67-94(92)104(78)102(76)81)63-96(98)113(105)95-62-73(48-52-97(95)114(99)106-87(69-30-20-16-21-31-69)38-28-39-88(106)70-32-22-17-23-33-70)91-60-80-58-83(109(4,5)6)54-75-42-44-77-56-85(111(10,11)12)66-93(91)103(77)101(75)80/h16-42,44,46-53,56-58,60-67,75-76,84,101,103H,43,45,54-55,59H2,1-15H3. The molecule has 3 heteroatoms. The Labute approximate surface area is 684 Å². The maximum atomic E-state index is 2.76. The number of nitrogens with zero attached hydrogens (tertiary/aromatic N) is 2. The van der Waals surface area contributed by atoms with Gasteiger partial charge >= 0.3 is 0 Å². The van der Waals surface area contributed by atoms with Gasteiger partial charge in [-0.1, -0.05) is 364 Å². The molecule has 6 aliphatic carbocycles. The Bertz CT molecular complexity index is 6060. The number of rotatable bonds is 9. The van der Waals surface area contributed by atoms with Crippen molar-refractivity contribution < 1.29 is 0 Å². The Hall–Kier alpha value is -11.0. The lowest BCUT2D eigenvalue weighted by molar-refractivity contribution is 0.197. The first-order valence-electron chi connectivity index (χ1n) is 42.7. The van der Waals surface area contributed by atoms with Gasteiger partial charge in [-0.25, -0.2) is 0 Å². The van der Waals surface area contributed by atoms with E-state index in [1.54, 1.807) is 11.1 Å². The van der Waals surface area contributed by atoms with E-state index in [0.717, 1.165) is 36.2 Å². The van der Waals surface area contributed by atoms with Crippen LogP contribution in [0.1, 0.15) is 162 Å². The molecule has 0 N–H and O–H groups in total. The topological polar surface area (TPSA) is 6.48 Å². The van der Waals surface area contributed by atoms with Crippen LogP contribution >= 0.6 is 0 Å². The Morgan fingerprint density at radius 2 is 0.904 bits per heavy atom. The van der Waals surface area contributed by atoms with E-state index in [9.17, 15) is 0 Å². The lowest BCUT2D eigenvalue weighted by atomic mass is 9.33. The highest BCUT2D eigenvalue weighted by atomic mass is 15.2. The van der Waals surface area contributed by atoms with Crippen LogP contribution in [0.5, 0.6) is 0 Å². The number of benzene rings is 12. The van der Waals surface area contributed by atoms with Gasteiger partial charge in [0.2, 0.25) is 0 Å². The summed E-state index contributed by atoms with van der Waals surface area (Å²) in [5, 5.41) is 2.94. The average molecular weight is 1490 g/mol. The fourth-order valence-electron chi connectivity index (χ4n) is 21.4. The Morgan fingerprint density at radius 3 is 1.42 bits per heavy atom. The first-order chi connectivity index (χ1) is 55.2. The molecule has 5 atom stereocenters. The molecule has 0 amide bonds. The molecule has 0 saturated carbocycles. The zero-order valence-corrected chi connectivity index (χ0v) is 70.0. The molecule has 0 aromatic heterocycles. The number of hydrogen-bond donors (Lipinski definition) is 0. The van der Waals surface area contributed by atoms with Crippen molar-refractivity contribution in [3.05, 3.63) is 346 Å². The quantitative estimate of drug-likeness (QED) is 0.133.